The Morgan fingerprint density at radius 3 is 2.53 bits per heavy atom. The molecule has 1 aromatic heterocycles. The fourth-order valence-electron chi connectivity index (χ4n) is 0.816. The molecule has 0 aliphatic carbocycles. The Labute approximate surface area is 95.2 Å². The van der Waals surface area contributed by atoms with E-state index in [0.717, 1.165) is 6.20 Å². The Kier molecular flexibility index (Phi) is 3.58. The molecule has 1 heterocycles. The lowest BCUT2D eigenvalue weighted by molar-refractivity contribution is -0.276. The smallest absolute Gasteiger partial charge is 0.505 e. The van der Waals surface area contributed by atoms with E-state index in [9.17, 15) is 17.6 Å². The van der Waals surface area contributed by atoms with Gasteiger partial charge in [-0.3, -0.25) is 0 Å². The highest BCUT2D eigenvalue weighted by atomic mass is 127. The van der Waals surface area contributed by atoms with E-state index in [0.29, 0.717) is 0 Å². The van der Waals surface area contributed by atoms with Crippen molar-refractivity contribution in [2.24, 2.45) is 0 Å². The lowest BCUT2D eigenvalue weighted by Crippen LogP contribution is -2.19. The van der Waals surface area contributed by atoms with Crippen molar-refractivity contribution in [1.29, 1.82) is 0 Å². The topological polar surface area (TPSA) is 42.4 Å². The molecule has 15 heavy (non-hydrogen) atoms. The van der Waals surface area contributed by atoms with Gasteiger partial charge in [0.25, 0.3) is 0 Å². The van der Waals surface area contributed by atoms with Crippen LogP contribution in [-0.2, 0) is 6.67 Å². The number of hydrogen-bond acceptors (Lipinski definition) is 3. The molecule has 0 saturated carbocycles. The Hall–Kier alpha value is -0.800. The molecule has 0 saturated heterocycles. The van der Waals surface area contributed by atoms with Crippen LogP contribution in [0.25, 0.3) is 0 Å². The molecule has 84 valence electrons. The van der Waals surface area contributed by atoms with Crippen LogP contribution >= 0.6 is 22.6 Å². The van der Waals surface area contributed by atoms with E-state index in [1.807, 2.05) is 0 Å². The first-order valence-electron chi connectivity index (χ1n) is 3.53. The van der Waals surface area contributed by atoms with E-state index in [2.05, 4.69) is 9.72 Å². The third-order valence-electron chi connectivity index (χ3n) is 1.40. The fourth-order valence-corrected chi connectivity index (χ4v) is 1.33. The van der Waals surface area contributed by atoms with Gasteiger partial charge in [-0.15, -0.1) is 13.2 Å². The zero-order valence-corrected chi connectivity index (χ0v) is 9.13. The first-order valence-corrected chi connectivity index (χ1v) is 4.61. The number of nitrogens with zero attached hydrogens (tertiary/aromatic N) is 1. The molecular weight excluding hydrogens is 333 g/mol. The average molecular weight is 337 g/mol. The molecular formula is C7H4F4INO2. The Morgan fingerprint density at radius 2 is 2.07 bits per heavy atom. The molecule has 0 aliphatic rings. The van der Waals surface area contributed by atoms with Crippen LogP contribution in [0.3, 0.4) is 0 Å². The number of alkyl halides is 4. The largest absolute Gasteiger partial charge is 0.574 e. The SMILES string of the molecule is Oc1cnc(OC(F)(F)F)c(CF)c1I. The highest BCUT2D eigenvalue weighted by Crippen LogP contribution is 2.32. The molecule has 1 rings (SSSR count). The molecule has 0 bridgehead atoms. The van der Waals surface area contributed by atoms with Crippen LogP contribution in [0.15, 0.2) is 6.20 Å². The van der Waals surface area contributed by atoms with Crippen molar-refractivity contribution in [2.75, 3.05) is 0 Å². The summed E-state index contributed by atoms with van der Waals surface area (Å²) in [6.07, 6.45) is -4.17. The zero-order chi connectivity index (χ0) is 11.6. The quantitative estimate of drug-likeness (QED) is 0.667. The lowest BCUT2D eigenvalue weighted by Gasteiger charge is -2.11. The van der Waals surface area contributed by atoms with Gasteiger partial charge in [0, 0.05) is 0 Å². The fraction of sp³-hybridized carbons (Fsp3) is 0.286. The zero-order valence-electron chi connectivity index (χ0n) is 6.98. The minimum absolute atomic E-state index is 0.0515. The maximum atomic E-state index is 12.4. The van der Waals surface area contributed by atoms with Crippen molar-refractivity contribution < 1.29 is 27.4 Å². The van der Waals surface area contributed by atoms with E-state index in [1.165, 1.54) is 22.6 Å². The minimum atomic E-state index is -4.93. The van der Waals surface area contributed by atoms with Crippen LogP contribution in [0.1, 0.15) is 5.56 Å². The molecule has 0 radical (unpaired) electrons. The first kappa shape index (κ1) is 12.3. The van der Waals surface area contributed by atoms with E-state index >= 15 is 0 Å². The molecule has 0 spiro atoms. The summed E-state index contributed by atoms with van der Waals surface area (Å²) in [7, 11) is 0. The number of aromatic hydroxyl groups is 1. The van der Waals surface area contributed by atoms with Gasteiger partial charge in [0.15, 0.2) is 0 Å². The Balaban J connectivity index is 3.14. The molecule has 0 aliphatic heterocycles. The summed E-state index contributed by atoms with van der Waals surface area (Å²) in [4.78, 5) is 3.16. The number of aromatic nitrogens is 1. The van der Waals surface area contributed by atoms with Crippen LogP contribution in [0.2, 0.25) is 0 Å². The van der Waals surface area contributed by atoms with Gasteiger partial charge in [0.05, 0.1) is 15.3 Å². The van der Waals surface area contributed by atoms with E-state index < -0.39 is 30.2 Å². The second-order valence-electron chi connectivity index (χ2n) is 2.42. The monoisotopic (exact) mass is 337 g/mol. The van der Waals surface area contributed by atoms with Gasteiger partial charge in [-0.1, -0.05) is 0 Å². The van der Waals surface area contributed by atoms with Gasteiger partial charge in [-0.25, -0.2) is 9.37 Å². The number of hydrogen-bond donors (Lipinski definition) is 1. The highest BCUT2D eigenvalue weighted by molar-refractivity contribution is 14.1. The number of rotatable bonds is 2. The van der Waals surface area contributed by atoms with Crippen LogP contribution < -0.4 is 4.74 Å². The van der Waals surface area contributed by atoms with E-state index in [1.54, 1.807) is 0 Å². The summed E-state index contributed by atoms with van der Waals surface area (Å²) in [5.74, 6) is -1.27. The van der Waals surface area contributed by atoms with Crippen LogP contribution in [0, 0.1) is 3.57 Å². The maximum Gasteiger partial charge on any atom is 0.574 e. The standard InChI is InChI=1S/C7H4F4INO2/c8-1-3-5(12)4(14)2-13-6(3)15-7(9,10)11/h2,14H,1H2. The Bertz CT molecular complexity index is 369. The average Bonchev–Trinajstić information content (AvgIpc) is 2.10. The number of ether oxygens (including phenoxy) is 1. The van der Waals surface area contributed by atoms with Crippen molar-refractivity contribution in [3.05, 3.63) is 15.3 Å². The van der Waals surface area contributed by atoms with Gasteiger partial charge in [0.1, 0.15) is 12.4 Å². The van der Waals surface area contributed by atoms with Crippen molar-refractivity contribution >= 4 is 22.6 Å². The molecule has 0 amide bonds. The number of pyridine rings is 1. The summed E-state index contributed by atoms with van der Waals surface area (Å²) in [5.41, 5.74) is -0.423. The molecule has 0 aromatic carbocycles. The van der Waals surface area contributed by atoms with E-state index in [4.69, 9.17) is 5.11 Å². The number of halogens is 5. The summed E-state index contributed by atoms with van der Waals surface area (Å²) < 4.78 is 51.4. The molecule has 0 unspecified atom stereocenters. The van der Waals surface area contributed by atoms with E-state index in [-0.39, 0.29) is 3.57 Å². The molecule has 3 nitrogen and oxygen atoms in total. The van der Waals surface area contributed by atoms with Crippen LogP contribution in [-0.4, -0.2) is 16.5 Å². The molecule has 8 heteroatoms. The Morgan fingerprint density at radius 1 is 1.47 bits per heavy atom. The second kappa shape index (κ2) is 4.37. The van der Waals surface area contributed by atoms with Crippen molar-refractivity contribution in [3.8, 4) is 11.6 Å². The summed E-state index contributed by atoms with van der Waals surface area (Å²) in [6.45, 7) is -1.20. The summed E-state index contributed by atoms with van der Waals surface area (Å²) >= 11 is 1.50. The van der Waals surface area contributed by atoms with Gasteiger partial charge in [-0.2, -0.15) is 0 Å². The van der Waals surface area contributed by atoms with Gasteiger partial charge >= 0.3 is 6.36 Å². The predicted octanol–water partition coefficient (Wildman–Crippen LogP) is 2.76. The molecule has 0 fully saturated rings. The normalized spacial score (nSPS) is 11.5. The maximum absolute atomic E-state index is 12.4. The summed E-state index contributed by atoms with van der Waals surface area (Å²) in [6, 6.07) is 0. The summed E-state index contributed by atoms with van der Waals surface area (Å²) in [5, 5.41) is 9.08. The third-order valence-corrected chi connectivity index (χ3v) is 2.60. The van der Waals surface area contributed by atoms with Gasteiger partial charge in [0.2, 0.25) is 5.88 Å². The third kappa shape index (κ3) is 3.08. The minimum Gasteiger partial charge on any atom is -0.505 e. The molecule has 1 aromatic rings. The molecule has 1 N–H and O–H groups in total. The van der Waals surface area contributed by atoms with Crippen LogP contribution in [0.5, 0.6) is 11.6 Å². The van der Waals surface area contributed by atoms with Crippen molar-refractivity contribution in [3.63, 3.8) is 0 Å². The van der Waals surface area contributed by atoms with Gasteiger partial charge in [-0.05, 0) is 22.6 Å². The van der Waals surface area contributed by atoms with Crippen LogP contribution in [0.4, 0.5) is 17.6 Å². The predicted molar refractivity (Wildman–Crippen MR) is 50.1 cm³/mol. The highest BCUT2D eigenvalue weighted by Gasteiger charge is 2.33. The molecule has 0 atom stereocenters. The van der Waals surface area contributed by atoms with Gasteiger partial charge < -0.3 is 9.84 Å². The second-order valence-corrected chi connectivity index (χ2v) is 3.50. The van der Waals surface area contributed by atoms with Crippen molar-refractivity contribution in [1.82, 2.24) is 4.98 Å². The lowest BCUT2D eigenvalue weighted by atomic mass is 10.3. The first-order chi connectivity index (χ1) is 6.85. The van der Waals surface area contributed by atoms with Crippen molar-refractivity contribution in [2.45, 2.75) is 13.0 Å².